The van der Waals surface area contributed by atoms with Crippen LogP contribution in [0.25, 0.3) is 0 Å². The molecule has 4 nitrogen and oxygen atoms in total. The van der Waals surface area contributed by atoms with Crippen LogP contribution in [-0.4, -0.2) is 79.0 Å². The van der Waals surface area contributed by atoms with Gasteiger partial charge in [0, 0.05) is 12.8 Å². The molecule has 0 amide bonds. The second kappa shape index (κ2) is 7.62. The van der Waals surface area contributed by atoms with E-state index < -0.39 is 11.6 Å². The van der Waals surface area contributed by atoms with E-state index in [9.17, 15) is 14.7 Å². The molecule has 4 aliphatic carbocycles. The van der Waals surface area contributed by atoms with E-state index in [2.05, 4.69) is 13.8 Å². The van der Waals surface area contributed by atoms with Gasteiger partial charge in [0.25, 0.3) is 0 Å². The average molecular weight is 401 g/mol. The number of carboxylic acid groups (broad SMARTS) is 1. The molecule has 4 aliphatic rings. The zero-order chi connectivity index (χ0) is 18.7. The van der Waals surface area contributed by atoms with E-state index in [1.807, 2.05) is 6.08 Å². The summed E-state index contributed by atoms with van der Waals surface area (Å²) >= 11 is 0. The molecule has 0 aromatic rings. The van der Waals surface area contributed by atoms with E-state index in [0.29, 0.717) is 36.4 Å². The van der Waals surface area contributed by atoms with Crippen molar-refractivity contribution in [2.24, 2.45) is 28.6 Å². The number of carboxylic acids is 1. The fraction of sp³-hybridized carbons (Fsp3) is 0.818. The molecule has 4 rings (SSSR count). The van der Waals surface area contributed by atoms with E-state index in [4.69, 9.17) is 5.11 Å². The van der Waals surface area contributed by atoms with Gasteiger partial charge in [-0.3, -0.25) is 9.59 Å². The second-order valence-electron chi connectivity index (χ2n) is 9.89. The summed E-state index contributed by atoms with van der Waals surface area (Å²) in [4.78, 5) is 23.0. The first-order valence-electron chi connectivity index (χ1n) is 10.4. The van der Waals surface area contributed by atoms with E-state index in [1.54, 1.807) is 0 Å². The number of hydrogen-bond donors (Lipinski definition) is 2. The molecule has 3 saturated carbocycles. The summed E-state index contributed by atoms with van der Waals surface area (Å²) in [6, 6.07) is 0. The van der Waals surface area contributed by atoms with Crippen molar-refractivity contribution in [2.75, 3.05) is 0 Å². The van der Waals surface area contributed by atoms with E-state index in [0.717, 1.165) is 44.9 Å². The Balaban J connectivity index is 0.00000210. The number of fused-ring (bicyclic) bond motifs is 5. The fourth-order valence-electron chi connectivity index (χ4n) is 7.39. The minimum absolute atomic E-state index is 0. The van der Waals surface area contributed by atoms with Gasteiger partial charge in [-0.15, -0.1) is 0 Å². The predicted octanol–water partition coefficient (Wildman–Crippen LogP) is 3.47. The maximum atomic E-state index is 11.9. The van der Waals surface area contributed by atoms with Crippen LogP contribution < -0.4 is 0 Å². The van der Waals surface area contributed by atoms with E-state index in [-0.39, 0.29) is 68.6 Å². The van der Waals surface area contributed by atoms with Gasteiger partial charge < -0.3 is 10.2 Å². The van der Waals surface area contributed by atoms with Gasteiger partial charge in [0.1, 0.15) is 0 Å². The van der Waals surface area contributed by atoms with Gasteiger partial charge in [0.2, 0.25) is 0 Å². The van der Waals surface area contributed by atoms with Crippen LogP contribution in [-0.2, 0) is 9.59 Å². The van der Waals surface area contributed by atoms with Gasteiger partial charge in [0.05, 0.1) is 5.60 Å². The molecule has 0 aliphatic heterocycles. The number of aliphatic hydroxyl groups is 1. The number of carbonyl (C=O) groups is 2. The molecule has 0 unspecified atom stereocenters. The first-order chi connectivity index (χ1) is 12.2. The monoisotopic (exact) mass is 400 g/mol. The average Bonchev–Trinajstić information content (AvgIpc) is 2.86. The number of aliphatic carboxylic acids is 1. The molecule has 5 heteroatoms. The van der Waals surface area contributed by atoms with Crippen molar-refractivity contribution in [1.29, 1.82) is 0 Å². The number of allylic oxidation sites excluding steroid dienone is 1. The minimum atomic E-state index is -0.833. The standard InChI is InChI=1S/C22H32O4.K.H/c1-20-9-5-15(23)13-14(20)3-4-16-17(20)6-10-21(2)18(16)7-11-22(21,26)12-8-19(24)25;;/h13,16-18,26H,3-12H2,1-2H3,(H,24,25);;/t16-,17+,18+,20+,21+,22-;;/m1../s1. The van der Waals surface area contributed by atoms with Crippen molar-refractivity contribution in [3.8, 4) is 0 Å². The Morgan fingerprint density at radius 3 is 2.52 bits per heavy atom. The quantitative estimate of drug-likeness (QED) is 0.712. The summed E-state index contributed by atoms with van der Waals surface area (Å²) in [5.74, 6) is 1.17. The maximum absolute atomic E-state index is 11.9. The Hall–Kier alpha value is 0.476. The number of ketones is 1. The Bertz CT molecular complexity index is 673. The van der Waals surface area contributed by atoms with Crippen LogP contribution in [0.3, 0.4) is 0 Å². The van der Waals surface area contributed by atoms with Crippen molar-refractivity contribution >= 4 is 63.1 Å². The van der Waals surface area contributed by atoms with Gasteiger partial charge in [0.15, 0.2) is 5.78 Å². The van der Waals surface area contributed by atoms with Crippen LogP contribution in [0.2, 0.25) is 0 Å². The first-order valence-corrected chi connectivity index (χ1v) is 10.4. The van der Waals surface area contributed by atoms with Gasteiger partial charge in [-0.05, 0) is 86.0 Å². The Morgan fingerprint density at radius 1 is 1.11 bits per heavy atom. The summed E-state index contributed by atoms with van der Waals surface area (Å²) in [6.07, 6.45) is 9.98. The molecule has 0 radical (unpaired) electrons. The van der Waals surface area contributed by atoms with Gasteiger partial charge >= 0.3 is 57.4 Å². The predicted molar refractivity (Wildman–Crippen MR) is 106 cm³/mol. The molecule has 27 heavy (non-hydrogen) atoms. The topological polar surface area (TPSA) is 74.6 Å². The summed E-state index contributed by atoms with van der Waals surface area (Å²) in [5, 5.41) is 20.5. The van der Waals surface area contributed by atoms with Crippen molar-refractivity contribution < 1.29 is 19.8 Å². The van der Waals surface area contributed by atoms with E-state index >= 15 is 0 Å². The van der Waals surface area contributed by atoms with E-state index in [1.165, 1.54) is 5.57 Å². The van der Waals surface area contributed by atoms with Crippen LogP contribution in [0.1, 0.15) is 78.1 Å². The molecule has 0 spiro atoms. The summed E-state index contributed by atoms with van der Waals surface area (Å²) < 4.78 is 0. The third kappa shape index (κ3) is 3.38. The molecular formula is C22H33KO4. The number of rotatable bonds is 3. The van der Waals surface area contributed by atoms with Gasteiger partial charge in [-0.1, -0.05) is 19.4 Å². The van der Waals surface area contributed by atoms with Crippen molar-refractivity contribution in [3.05, 3.63) is 11.6 Å². The molecule has 0 heterocycles. The summed E-state index contributed by atoms with van der Waals surface area (Å²) in [7, 11) is 0. The van der Waals surface area contributed by atoms with Gasteiger partial charge in [-0.25, -0.2) is 0 Å². The van der Waals surface area contributed by atoms with Crippen LogP contribution in [0, 0.1) is 28.6 Å². The summed E-state index contributed by atoms with van der Waals surface area (Å²) in [6.45, 7) is 4.59. The van der Waals surface area contributed by atoms with Gasteiger partial charge in [-0.2, -0.15) is 0 Å². The molecule has 0 saturated heterocycles. The van der Waals surface area contributed by atoms with Crippen molar-refractivity contribution in [3.63, 3.8) is 0 Å². The first kappa shape index (κ1) is 22.2. The molecule has 0 aromatic carbocycles. The van der Waals surface area contributed by atoms with Crippen molar-refractivity contribution in [1.82, 2.24) is 0 Å². The van der Waals surface area contributed by atoms with Crippen LogP contribution in [0.4, 0.5) is 0 Å². The van der Waals surface area contributed by atoms with Crippen LogP contribution in [0.5, 0.6) is 0 Å². The molecule has 0 bridgehead atoms. The Morgan fingerprint density at radius 2 is 1.81 bits per heavy atom. The molecule has 0 aromatic heterocycles. The number of hydrogen-bond acceptors (Lipinski definition) is 3. The second-order valence-corrected chi connectivity index (χ2v) is 9.89. The van der Waals surface area contributed by atoms with Crippen LogP contribution >= 0.6 is 0 Å². The fourth-order valence-corrected chi connectivity index (χ4v) is 7.39. The zero-order valence-corrected chi connectivity index (χ0v) is 16.1. The van der Waals surface area contributed by atoms with Crippen molar-refractivity contribution in [2.45, 2.75) is 83.7 Å². The van der Waals surface area contributed by atoms with Crippen LogP contribution in [0.15, 0.2) is 11.6 Å². The zero-order valence-electron chi connectivity index (χ0n) is 16.1. The Kier molecular flexibility index (Phi) is 6.26. The molecule has 3 fully saturated rings. The molecule has 146 valence electrons. The molecule has 6 atom stereocenters. The SMILES string of the molecule is C[C@]12CCC(=O)C=C1CC[C@@H]1[C@@H]2CC[C@@]2(C)[C@H]1CC[C@@]2(O)CCC(=O)O.[KH]. The summed E-state index contributed by atoms with van der Waals surface area (Å²) in [5.41, 5.74) is 0.532. The number of carbonyl (C=O) groups excluding carboxylic acids is 1. The molecule has 2 N–H and O–H groups in total. The molecular weight excluding hydrogens is 367 g/mol. The Labute approximate surface area is 205 Å². The third-order valence-corrected chi connectivity index (χ3v) is 9.04. The third-order valence-electron chi connectivity index (χ3n) is 9.04. The normalized spacial score (nSPS) is 45.8.